The Kier molecular flexibility index (Phi) is 3.47. The molecule has 0 saturated heterocycles. The maximum Gasteiger partial charge on any atom is 0.228 e. The molecule has 1 aliphatic carbocycles. The first-order chi connectivity index (χ1) is 13.1. The fraction of sp³-hybridized carbons (Fsp3) is 0.190. The van der Waals surface area contributed by atoms with Crippen LogP contribution in [-0.4, -0.2) is 21.1 Å². The van der Waals surface area contributed by atoms with Gasteiger partial charge in [0.05, 0.1) is 11.7 Å². The molecule has 134 valence electrons. The highest BCUT2D eigenvalue weighted by molar-refractivity contribution is 6.00. The summed E-state index contributed by atoms with van der Waals surface area (Å²) in [6, 6.07) is 9.26. The molecule has 0 radical (unpaired) electrons. The van der Waals surface area contributed by atoms with Crippen LogP contribution in [0.3, 0.4) is 0 Å². The summed E-state index contributed by atoms with van der Waals surface area (Å²) in [7, 11) is 0. The number of halogens is 1. The number of pyridine rings is 1. The van der Waals surface area contributed by atoms with Crippen LogP contribution in [0.25, 0.3) is 32.8 Å². The third kappa shape index (κ3) is 2.73. The molecule has 1 saturated carbocycles. The second-order valence-electron chi connectivity index (χ2n) is 7.08. The second-order valence-corrected chi connectivity index (χ2v) is 7.08. The number of carbonyl (C=O) groups excluding carboxylic acids is 1. The van der Waals surface area contributed by atoms with Crippen molar-refractivity contribution in [3.63, 3.8) is 0 Å². The van der Waals surface area contributed by atoms with Gasteiger partial charge in [0, 0.05) is 22.9 Å². The number of aromatic nitrogens is 3. The lowest BCUT2D eigenvalue weighted by Gasteiger charge is -2.11. The zero-order valence-electron chi connectivity index (χ0n) is 14.7. The average Bonchev–Trinajstić information content (AvgIpc) is 3.42. The molecule has 1 fully saturated rings. The minimum Gasteiger partial charge on any atom is -0.310 e. The van der Waals surface area contributed by atoms with Gasteiger partial charge in [-0.25, -0.2) is 9.37 Å². The van der Waals surface area contributed by atoms with Gasteiger partial charge in [0.15, 0.2) is 0 Å². The van der Waals surface area contributed by atoms with Crippen LogP contribution in [0.15, 0.2) is 42.7 Å². The third-order valence-corrected chi connectivity index (χ3v) is 5.15. The topological polar surface area (TPSA) is 70.7 Å². The number of rotatable bonds is 3. The quantitative estimate of drug-likeness (QED) is 0.562. The molecule has 2 N–H and O–H groups in total. The van der Waals surface area contributed by atoms with Crippen LogP contribution in [0.4, 0.5) is 10.2 Å². The molecule has 0 aliphatic heterocycles. The SMILES string of the molecule is Cc1c(F)cc2[nH]ncc2c1-c1ccc2cc(NC(=O)C3CC3)ncc2c1. The van der Waals surface area contributed by atoms with Crippen molar-refractivity contribution >= 4 is 33.4 Å². The molecule has 27 heavy (non-hydrogen) atoms. The molecule has 5 nitrogen and oxygen atoms in total. The molecule has 0 bridgehead atoms. The van der Waals surface area contributed by atoms with E-state index in [4.69, 9.17) is 0 Å². The Morgan fingerprint density at radius 3 is 2.85 bits per heavy atom. The van der Waals surface area contributed by atoms with E-state index in [-0.39, 0.29) is 17.6 Å². The number of fused-ring (bicyclic) bond motifs is 2. The summed E-state index contributed by atoms with van der Waals surface area (Å²) in [6.07, 6.45) is 5.37. The number of benzene rings is 2. The van der Waals surface area contributed by atoms with Crippen molar-refractivity contribution in [3.05, 3.63) is 54.1 Å². The predicted molar refractivity (Wildman–Crippen MR) is 103 cm³/mol. The Balaban J connectivity index is 1.58. The van der Waals surface area contributed by atoms with Crippen molar-refractivity contribution in [1.82, 2.24) is 15.2 Å². The van der Waals surface area contributed by atoms with Crippen molar-refractivity contribution in [2.45, 2.75) is 19.8 Å². The summed E-state index contributed by atoms with van der Waals surface area (Å²) >= 11 is 0. The Morgan fingerprint density at radius 1 is 1.19 bits per heavy atom. The van der Waals surface area contributed by atoms with Gasteiger partial charge in [-0.2, -0.15) is 5.10 Å². The summed E-state index contributed by atoms with van der Waals surface area (Å²) in [5.41, 5.74) is 2.99. The van der Waals surface area contributed by atoms with Gasteiger partial charge in [0.2, 0.25) is 5.91 Å². The maximum atomic E-state index is 14.3. The minimum absolute atomic E-state index is 0.0382. The first kappa shape index (κ1) is 15.9. The van der Waals surface area contributed by atoms with Crippen molar-refractivity contribution in [3.8, 4) is 11.1 Å². The lowest BCUT2D eigenvalue weighted by Crippen LogP contribution is -2.14. The molecule has 2 aromatic heterocycles. The van der Waals surface area contributed by atoms with Crippen molar-refractivity contribution in [2.75, 3.05) is 5.32 Å². The van der Waals surface area contributed by atoms with E-state index in [1.807, 2.05) is 24.3 Å². The molecule has 1 amide bonds. The van der Waals surface area contributed by atoms with Gasteiger partial charge in [-0.15, -0.1) is 0 Å². The van der Waals surface area contributed by atoms with Crippen LogP contribution >= 0.6 is 0 Å². The highest BCUT2D eigenvalue weighted by atomic mass is 19.1. The number of nitrogens with one attached hydrogen (secondary N) is 2. The van der Waals surface area contributed by atoms with E-state index in [1.54, 1.807) is 19.3 Å². The predicted octanol–water partition coefficient (Wildman–Crippen LogP) is 4.57. The number of H-pyrrole nitrogens is 1. The first-order valence-electron chi connectivity index (χ1n) is 8.93. The van der Waals surface area contributed by atoms with E-state index in [2.05, 4.69) is 20.5 Å². The Morgan fingerprint density at radius 2 is 2.04 bits per heavy atom. The highest BCUT2D eigenvalue weighted by Crippen LogP contribution is 2.35. The van der Waals surface area contributed by atoms with Gasteiger partial charge in [-0.1, -0.05) is 12.1 Å². The first-order valence-corrected chi connectivity index (χ1v) is 8.93. The molecule has 4 aromatic rings. The summed E-state index contributed by atoms with van der Waals surface area (Å²) in [4.78, 5) is 16.3. The molecule has 6 heteroatoms. The van der Waals surface area contributed by atoms with Gasteiger partial charge in [-0.05, 0) is 60.0 Å². The molecular weight excluding hydrogens is 343 g/mol. The summed E-state index contributed by atoms with van der Waals surface area (Å²) in [5, 5.41) is 12.5. The van der Waals surface area contributed by atoms with Crippen LogP contribution in [0.1, 0.15) is 18.4 Å². The molecule has 5 rings (SSSR count). The Bertz CT molecular complexity index is 1210. The van der Waals surface area contributed by atoms with Crippen molar-refractivity contribution < 1.29 is 9.18 Å². The largest absolute Gasteiger partial charge is 0.310 e. The summed E-state index contributed by atoms with van der Waals surface area (Å²) < 4.78 is 14.3. The fourth-order valence-electron chi connectivity index (χ4n) is 3.47. The van der Waals surface area contributed by atoms with Crippen LogP contribution in [0.2, 0.25) is 0 Å². The second kappa shape index (κ2) is 5.87. The van der Waals surface area contributed by atoms with E-state index in [9.17, 15) is 9.18 Å². The molecular formula is C21H17FN4O. The lowest BCUT2D eigenvalue weighted by atomic mass is 9.95. The normalized spacial score (nSPS) is 14.0. The van der Waals surface area contributed by atoms with Gasteiger partial charge in [0.1, 0.15) is 11.6 Å². The third-order valence-electron chi connectivity index (χ3n) is 5.15. The maximum absolute atomic E-state index is 14.3. The van der Waals surface area contributed by atoms with Gasteiger partial charge in [0.25, 0.3) is 0 Å². The average molecular weight is 360 g/mol. The number of hydrogen-bond acceptors (Lipinski definition) is 3. The molecule has 1 aliphatic rings. The summed E-state index contributed by atoms with van der Waals surface area (Å²) in [5.74, 6) is 0.471. The monoisotopic (exact) mass is 360 g/mol. The van der Waals surface area contributed by atoms with Crippen LogP contribution in [0, 0.1) is 18.7 Å². The van der Waals surface area contributed by atoms with Gasteiger partial charge in [-0.3, -0.25) is 9.89 Å². The molecule has 0 unspecified atom stereocenters. The van der Waals surface area contributed by atoms with E-state index >= 15 is 0 Å². The van der Waals surface area contributed by atoms with E-state index in [0.29, 0.717) is 16.9 Å². The number of aromatic amines is 1. The molecule has 0 spiro atoms. The van der Waals surface area contributed by atoms with Gasteiger partial charge >= 0.3 is 0 Å². The van der Waals surface area contributed by atoms with Crippen molar-refractivity contribution in [1.29, 1.82) is 0 Å². The molecule has 2 heterocycles. The standard InChI is InChI=1S/C21H17FN4O/c1-11-17(22)8-18-16(10-24-26-18)20(11)14-5-4-13-7-19(23-9-15(13)6-14)25-21(27)12-2-3-12/h4-10,12H,2-3H2,1H3,(H,24,26)(H,23,25,27). The van der Waals surface area contributed by atoms with Crippen LogP contribution in [0.5, 0.6) is 0 Å². The summed E-state index contributed by atoms with van der Waals surface area (Å²) in [6.45, 7) is 1.77. The van der Waals surface area contributed by atoms with Gasteiger partial charge < -0.3 is 5.32 Å². The molecule has 0 atom stereocenters. The highest BCUT2D eigenvalue weighted by Gasteiger charge is 2.29. The number of amides is 1. The van der Waals surface area contributed by atoms with E-state index in [1.165, 1.54) is 6.07 Å². The molecule has 2 aromatic carbocycles. The Hall–Kier alpha value is -3.28. The van der Waals surface area contributed by atoms with Crippen LogP contribution in [-0.2, 0) is 4.79 Å². The number of hydrogen-bond donors (Lipinski definition) is 2. The zero-order valence-corrected chi connectivity index (χ0v) is 14.7. The minimum atomic E-state index is -0.266. The smallest absolute Gasteiger partial charge is 0.228 e. The van der Waals surface area contributed by atoms with Crippen LogP contribution < -0.4 is 5.32 Å². The number of carbonyl (C=O) groups is 1. The number of anilines is 1. The Labute approximate surface area is 154 Å². The van der Waals surface area contributed by atoms with Crippen molar-refractivity contribution in [2.24, 2.45) is 5.92 Å². The van der Waals surface area contributed by atoms with E-state index in [0.717, 1.165) is 40.1 Å². The lowest BCUT2D eigenvalue weighted by molar-refractivity contribution is -0.117. The fourth-order valence-corrected chi connectivity index (χ4v) is 3.47. The number of nitrogens with zero attached hydrogens (tertiary/aromatic N) is 2. The van der Waals surface area contributed by atoms with E-state index < -0.39 is 0 Å². The zero-order chi connectivity index (χ0) is 18.5.